The van der Waals surface area contributed by atoms with Gasteiger partial charge in [0.15, 0.2) is 0 Å². The van der Waals surface area contributed by atoms with Crippen LogP contribution >= 0.6 is 0 Å². The lowest BCUT2D eigenvalue weighted by molar-refractivity contribution is -0.138. The topological polar surface area (TPSA) is 73.4 Å². The fraction of sp³-hybridized carbons (Fsp3) is 0.200. The van der Waals surface area contributed by atoms with E-state index >= 15 is 0 Å². The second-order valence-electron chi connectivity index (χ2n) is 6.40. The molecule has 1 atom stereocenters. The molecule has 0 saturated heterocycles. The summed E-state index contributed by atoms with van der Waals surface area (Å²) in [5, 5.41) is 10.5. The van der Waals surface area contributed by atoms with Crippen molar-refractivity contribution >= 4 is 28.5 Å². The molecule has 1 amide bonds. The number of carboxylic acid groups (broad SMARTS) is 1. The van der Waals surface area contributed by atoms with Crippen LogP contribution in [-0.4, -0.2) is 28.5 Å². The van der Waals surface area contributed by atoms with Crippen molar-refractivity contribution in [3.63, 3.8) is 0 Å². The number of rotatable bonds is 3. The number of carboxylic acids is 1. The molecule has 4 rings (SSSR count). The Balaban J connectivity index is 1.68. The highest BCUT2D eigenvalue weighted by Gasteiger charge is 2.36. The van der Waals surface area contributed by atoms with E-state index in [4.69, 9.17) is 0 Å². The number of benzene rings is 2. The largest absolute Gasteiger partial charge is 0.481 e. The maximum Gasteiger partial charge on any atom is 0.312 e. The molecule has 1 aliphatic heterocycles. The molecule has 1 aliphatic rings. The van der Waals surface area contributed by atoms with Gasteiger partial charge in [-0.15, -0.1) is 0 Å². The van der Waals surface area contributed by atoms with E-state index in [9.17, 15) is 14.7 Å². The summed E-state index contributed by atoms with van der Waals surface area (Å²) in [7, 11) is 0. The number of carbonyl (C=O) groups is 2. The molecule has 0 spiro atoms. The number of H-pyrrole nitrogens is 1. The molecular weight excluding hydrogens is 316 g/mol. The van der Waals surface area contributed by atoms with Crippen molar-refractivity contribution in [2.24, 2.45) is 0 Å². The number of aryl methyl sites for hydroxylation is 1. The van der Waals surface area contributed by atoms with Gasteiger partial charge in [0.25, 0.3) is 0 Å². The molecule has 0 radical (unpaired) electrons. The van der Waals surface area contributed by atoms with Gasteiger partial charge in [-0.3, -0.25) is 9.59 Å². The van der Waals surface area contributed by atoms with Crippen molar-refractivity contribution in [3.05, 3.63) is 65.4 Å². The number of amides is 1. The van der Waals surface area contributed by atoms with Crippen LogP contribution in [0.25, 0.3) is 10.9 Å². The van der Waals surface area contributed by atoms with Crippen molar-refractivity contribution in [3.8, 4) is 0 Å². The van der Waals surface area contributed by atoms with Crippen molar-refractivity contribution in [2.45, 2.75) is 19.3 Å². The van der Waals surface area contributed by atoms with E-state index in [2.05, 4.69) is 4.98 Å². The van der Waals surface area contributed by atoms with Crippen molar-refractivity contribution in [1.29, 1.82) is 0 Å². The molecule has 0 fully saturated rings. The zero-order valence-corrected chi connectivity index (χ0v) is 13.8. The van der Waals surface area contributed by atoms with Crippen molar-refractivity contribution < 1.29 is 14.7 Å². The van der Waals surface area contributed by atoms with Gasteiger partial charge in [-0.1, -0.05) is 36.4 Å². The SMILES string of the molecule is Cc1[nH]c2ccccc2c1CC(=O)N1C[C@@H](C(=O)O)c2ccccc21. The standard InChI is InChI=1S/C20H18N2O3/c1-12-15(13-6-2-4-8-17(13)21-12)10-19(23)22-11-16(20(24)25)14-7-3-5-9-18(14)22/h2-9,16,21H,10-11H2,1H3,(H,24,25)/t16-/m1/s1. The average molecular weight is 334 g/mol. The number of anilines is 1. The fourth-order valence-electron chi connectivity index (χ4n) is 3.66. The Labute approximate surface area is 144 Å². The molecule has 0 aliphatic carbocycles. The van der Waals surface area contributed by atoms with Crippen LogP contribution in [0.4, 0.5) is 5.69 Å². The second-order valence-corrected chi connectivity index (χ2v) is 6.40. The molecule has 2 N–H and O–H groups in total. The predicted octanol–water partition coefficient (Wildman–Crippen LogP) is 3.23. The van der Waals surface area contributed by atoms with Gasteiger partial charge in [-0.05, 0) is 30.2 Å². The number of hydrogen-bond donors (Lipinski definition) is 2. The first kappa shape index (κ1) is 15.4. The quantitative estimate of drug-likeness (QED) is 0.772. The minimum absolute atomic E-state index is 0.0796. The third kappa shape index (κ3) is 2.48. The molecular formula is C20H18N2O3. The summed E-state index contributed by atoms with van der Waals surface area (Å²) in [6.07, 6.45) is 0.247. The number of fused-ring (bicyclic) bond motifs is 2. The Bertz CT molecular complexity index is 990. The molecule has 0 bridgehead atoms. The molecule has 2 heterocycles. The highest BCUT2D eigenvalue weighted by molar-refractivity contribution is 6.01. The van der Waals surface area contributed by atoms with Gasteiger partial charge in [-0.2, -0.15) is 0 Å². The molecule has 0 saturated carbocycles. The van der Waals surface area contributed by atoms with E-state index in [1.54, 1.807) is 11.0 Å². The summed E-state index contributed by atoms with van der Waals surface area (Å²) in [5.41, 5.74) is 4.36. The van der Waals surface area contributed by atoms with Gasteiger partial charge >= 0.3 is 5.97 Å². The number of carbonyl (C=O) groups excluding carboxylic acids is 1. The summed E-state index contributed by atoms with van der Waals surface area (Å²) in [6, 6.07) is 15.2. The van der Waals surface area contributed by atoms with E-state index in [1.165, 1.54) is 0 Å². The number of aliphatic carboxylic acids is 1. The number of nitrogens with zero attached hydrogens (tertiary/aromatic N) is 1. The third-order valence-electron chi connectivity index (χ3n) is 4.92. The van der Waals surface area contributed by atoms with Gasteiger partial charge in [-0.25, -0.2) is 0 Å². The van der Waals surface area contributed by atoms with Crippen LogP contribution < -0.4 is 4.90 Å². The second kappa shape index (κ2) is 5.77. The average Bonchev–Trinajstić information content (AvgIpc) is 3.14. The molecule has 1 aromatic heterocycles. The lowest BCUT2D eigenvalue weighted by atomic mass is 10.0. The van der Waals surface area contributed by atoms with Crippen LogP contribution in [0.15, 0.2) is 48.5 Å². The molecule has 5 nitrogen and oxygen atoms in total. The minimum atomic E-state index is -0.897. The highest BCUT2D eigenvalue weighted by atomic mass is 16.4. The van der Waals surface area contributed by atoms with E-state index in [-0.39, 0.29) is 18.9 Å². The number of nitrogens with one attached hydrogen (secondary N) is 1. The summed E-state index contributed by atoms with van der Waals surface area (Å²) in [5.74, 6) is -1.64. The first-order valence-electron chi connectivity index (χ1n) is 8.24. The Morgan fingerprint density at radius 1 is 1.16 bits per heavy atom. The van der Waals surface area contributed by atoms with Crippen LogP contribution in [-0.2, 0) is 16.0 Å². The third-order valence-corrected chi connectivity index (χ3v) is 4.92. The monoisotopic (exact) mass is 334 g/mol. The van der Waals surface area contributed by atoms with Crippen LogP contribution in [0.2, 0.25) is 0 Å². The fourth-order valence-corrected chi connectivity index (χ4v) is 3.66. The zero-order chi connectivity index (χ0) is 17.6. The first-order chi connectivity index (χ1) is 12.1. The predicted molar refractivity (Wildman–Crippen MR) is 95.9 cm³/mol. The first-order valence-corrected chi connectivity index (χ1v) is 8.24. The Kier molecular flexibility index (Phi) is 3.57. The number of aromatic nitrogens is 1. The molecule has 3 aromatic rings. The van der Waals surface area contributed by atoms with Crippen LogP contribution in [0.3, 0.4) is 0 Å². The lowest BCUT2D eigenvalue weighted by Gasteiger charge is -2.17. The summed E-state index contributed by atoms with van der Waals surface area (Å²) < 4.78 is 0. The normalized spacial score (nSPS) is 16.2. The molecule has 5 heteroatoms. The minimum Gasteiger partial charge on any atom is -0.481 e. The smallest absolute Gasteiger partial charge is 0.312 e. The molecule has 126 valence electrons. The van der Waals surface area contributed by atoms with Gasteiger partial charge in [0.1, 0.15) is 5.92 Å². The summed E-state index contributed by atoms with van der Waals surface area (Å²) >= 11 is 0. The van der Waals surface area contributed by atoms with Gasteiger partial charge in [0.2, 0.25) is 5.91 Å². The number of hydrogen-bond acceptors (Lipinski definition) is 2. The lowest BCUT2D eigenvalue weighted by Crippen LogP contribution is -2.32. The van der Waals surface area contributed by atoms with Crippen LogP contribution in [0.1, 0.15) is 22.7 Å². The van der Waals surface area contributed by atoms with Crippen LogP contribution in [0.5, 0.6) is 0 Å². The Morgan fingerprint density at radius 3 is 2.68 bits per heavy atom. The maximum atomic E-state index is 13.0. The van der Waals surface area contributed by atoms with Crippen molar-refractivity contribution in [2.75, 3.05) is 11.4 Å². The summed E-state index contributed by atoms with van der Waals surface area (Å²) in [6.45, 7) is 2.15. The van der Waals surface area contributed by atoms with Crippen molar-refractivity contribution in [1.82, 2.24) is 4.98 Å². The molecule has 0 unspecified atom stereocenters. The maximum absolute atomic E-state index is 13.0. The number of aromatic amines is 1. The van der Waals surface area contributed by atoms with E-state index in [0.717, 1.165) is 22.2 Å². The zero-order valence-electron chi connectivity index (χ0n) is 13.8. The van der Waals surface area contributed by atoms with Gasteiger partial charge in [0.05, 0.1) is 6.42 Å². The number of para-hydroxylation sites is 2. The Morgan fingerprint density at radius 2 is 1.88 bits per heavy atom. The van der Waals surface area contributed by atoms with Gasteiger partial charge < -0.3 is 15.0 Å². The van der Waals surface area contributed by atoms with E-state index in [0.29, 0.717) is 11.3 Å². The van der Waals surface area contributed by atoms with Gasteiger partial charge in [0, 0.05) is 28.8 Å². The summed E-state index contributed by atoms with van der Waals surface area (Å²) in [4.78, 5) is 29.4. The molecule has 25 heavy (non-hydrogen) atoms. The van der Waals surface area contributed by atoms with E-state index in [1.807, 2.05) is 49.4 Å². The molecule has 2 aromatic carbocycles. The highest BCUT2D eigenvalue weighted by Crippen LogP contribution is 2.37. The van der Waals surface area contributed by atoms with E-state index < -0.39 is 11.9 Å². The Hall–Kier alpha value is -3.08. The van der Waals surface area contributed by atoms with Crippen LogP contribution in [0, 0.1) is 6.92 Å².